The van der Waals surface area contributed by atoms with Gasteiger partial charge in [-0.2, -0.15) is 0 Å². The molecule has 1 aliphatic rings. The minimum absolute atomic E-state index is 0.0379. The van der Waals surface area contributed by atoms with Gasteiger partial charge in [-0.25, -0.2) is 8.42 Å². The quantitative estimate of drug-likeness (QED) is 0.419. The van der Waals surface area contributed by atoms with Crippen LogP contribution in [0.25, 0.3) is 0 Å². The predicted octanol–water partition coefficient (Wildman–Crippen LogP) is 0.564. The first-order valence-corrected chi connectivity index (χ1v) is 7.18. The molecular formula is C6H11BrN2O2S2. The van der Waals surface area contributed by atoms with Crippen LogP contribution in [0.15, 0.2) is 0 Å². The first kappa shape index (κ1) is 11.3. The first-order valence-electron chi connectivity index (χ1n) is 3.63. The highest BCUT2D eigenvalue weighted by atomic mass is 79.9. The van der Waals surface area contributed by atoms with E-state index in [-0.39, 0.29) is 21.5 Å². The third kappa shape index (κ3) is 2.60. The van der Waals surface area contributed by atoms with Crippen molar-refractivity contribution in [3.05, 3.63) is 0 Å². The molecule has 0 spiro atoms. The van der Waals surface area contributed by atoms with Gasteiger partial charge in [-0.1, -0.05) is 27.7 Å². The maximum atomic E-state index is 11.3. The van der Waals surface area contributed by atoms with E-state index in [1.165, 1.54) is 0 Å². The predicted molar refractivity (Wildman–Crippen MR) is 59.3 cm³/mol. The molecule has 3 N–H and O–H groups in total. The summed E-state index contributed by atoms with van der Waals surface area (Å²) in [7, 11) is -2.97. The zero-order chi connectivity index (χ0) is 10.3. The standard InChI is InChI=1S/C6H11BrN2O2S2/c1-6(12-5(8)9)3-13(10,11)2-4(6)7/h4H,2-3H2,1H3,(H3,8,9). The van der Waals surface area contributed by atoms with Gasteiger partial charge in [0.1, 0.15) is 0 Å². The smallest absolute Gasteiger partial charge is 0.152 e. The van der Waals surface area contributed by atoms with E-state index >= 15 is 0 Å². The van der Waals surface area contributed by atoms with Crippen molar-refractivity contribution in [2.45, 2.75) is 16.5 Å². The number of nitrogens with two attached hydrogens (primary N) is 1. The second kappa shape index (κ2) is 3.43. The Bertz CT molecular complexity index is 330. The summed E-state index contributed by atoms with van der Waals surface area (Å²) in [5.74, 6) is 0.212. The number of hydrogen-bond acceptors (Lipinski definition) is 4. The average molecular weight is 287 g/mol. The Morgan fingerprint density at radius 3 is 2.62 bits per heavy atom. The molecule has 0 aromatic carbocycles. The third-order valence-electron chi connectivity index (χ3n) is 1.91. The van der Waals surface area contributed by atoms with Crippen molar-refractivity contribution in [1.82, 2.24) is 0 Å². The number of halogens is 1. The number of sulfone groups is 1. The van der Waals surface area contributed by atoms with Crippen LogP contribution in [0, 0.1) is 5.41 Å². The Hall–Kier alpha value is 0.250. The number of amidine groups is 1. The molecule has 0 bridgehead atoms. The molecule has 0 aliphatic carbocycles. The fourth-order valence-electron chi connectivity index (χ4n) is 1.33. The van der Waals surface area contributed by atoms with E-state index < -0.39 is 14.6 Å². The Morgan fingerprint density at radius 1 is 1.77 bits per heavy atom. The second-order valence-corrected chi connectivity index (χ2v) is 8.09. The molecule has 76 valence electrons. The number of hydrogen-bond donors (Lipinski definition) is 2. The van der Waals surface area contributed by atoms with E-state index in [9.17, 15) is 8.42 Å². The van der Waals surface area contributed by atoms with Crippen molar-refractivity contribution in [3.8, 4) is 0 Å². The largest absolute Gasteiger partial charge is 0.379 e. The molecular weight excluding hydrogens is 276 g/mol. The molecule has 0 aromatic rings. The molecule has 4 nitrogen and oxygen atoms in total. The Morgan fingerprint density at radius 2 is 2.31 bits per heavy atom. The number of nitrogens with one attached hydrogen (secondary N) is 1. The van der Waals surface area contributed by atoms with Gasteiger partial charge < -0.3 is 5.73 Å². The van der Waals surface area contributed by atoms with Gasteiger partial charge in [0.05, 0.1) is 11.5 Å². The normalized spacial score (nSPS) is 37.5. The Kier molecular flexibility index (Phi) is 2.99. The molecule has 2 atom stereocenters. The van der Waals surface area contributed by atoms with E-state index in [1.807, 2.05) is 6.92 Å². The molecule has 0 amide bonds. The first-order chi connectivity index (χ1) is 5.75. The molecule has 1 aliphatic heterocycles. The van der Waals surface area contributed by atoms with Gasteiger partial charge in [0.15, 0.2) is 15.0 Å². The van der Waals surface area contributed by atoms with Crippen LogP contribution in [0.5, 0.6) is 0 Å². The third-order valence-corrected chi connectivity index (χ3v) is 7.16. The van der Waals surface area contributed by atoms with E-state index in [2.05, 4.69) is 15.9 Å². The molecule has 2 unspecified atom stereocenters. The van der Waals surface area contributed by atoms with Gasteiger partial charge in [0.25, 0.3) is 0 Å². The van der Waals surface area contributed by atoms with Crippen LogP contribution in [0.2, 0.25) is 0 Å². The fraction of sp³-hybridized carbons (Fsp3) is 0.833. The topological polar surface area (TPSA) is 84.0 Å². The lowest BCUT2D eigenvalue weighted by atomic mass is 10.1. The monoisotopic (exact) mass is 286 g/mol. The summed E-state index contributed by atoms with van der Waals surface area (Å²) in [5.41, 5.74) is 5.24. The van der Waals surface area contributed by atoms with Crippen molar-refractivity contribution in [2.75, 3.05) is 11.5 Å². The van der Waals surface area contributed by atoms with Gasteiger partial charge >= 0.3 is 0 Å². The van der Waals surface area contributed by atoms with Gasteiger partial charge in [-0.05, 0) is 6.92 Å². The minimum atomic E-state index is -2.97. The van der Waals surface area contributed by atoms with E-state index in [1.54, 1.807) is 0 Å². The average Bonchev–Trinajstić information content (AvgIpc) is 1.98. The molecule has 1 rings (SSSR count). The van der Waals surface area contributed by atoms with E-state index in [0.717, 1.165) is 11.8 Å². The number of rotatable bonds is 1. The summed E-state index contributed by atoms with van der Waals surface area (Å²) in [6.07, 6.45) is 0. The highest BCUT2D eigenvalue weighted by Crippen LogP contribution is 2.40. The van der Waals surface area contributed by atoms with Crippen LogP contribution in [-0.4, -0.2) is 34.7 Å². The molecule has 0 aromatic heterocycles. The fourth-order valence-corrected chi connectivity index (χ4v) is 6.79. The van der Waals surface area contributed by atoms with E-state index in [4.69, 9.17) is 11.1 Å². The molecule has 0 radical (unpaired) electrons. The van der Waals surface area contributed by atoms with Gasteiger partial charge in [0, 0.05) is 9.57 Å². The van der Waals surface area contributed by atoms with Crippen molar-refractivity contribution < 1.29 is 8.42 Å². The van der Waals surface area contributed by atoms with E-state index in [0.29, 0.717) is 0 Å². The highest BCUT2D eigenvalue weighted by molar-refractivity contribution is 9.09. The summed E-state index contributed by atoms with van der Waals surface area (Å²) in [6, 6.07) is 0. The minimum Gasteiger partial charge on any atom is -0.379 e. The SMILES string of the molecule is CC1(SC(=N)N)CS(=O)(=O)CC1Br. The Labute approximate surface area is 90.2 Å². The van der Waals surface area contributed by atoms with Crippen LogP contribution in [-0.2, 0) is 9.84 Å². The molecule has 1 saturated heterocycles. The summed E-state index contributed by atoms with van der Waals surface area (Å²) >= 11 is 4.42. The van der Waals surface area contributed by atoms with Crippen molar-refractivity contribution in [3.63, 3.8) is 0 Å². The zero-order valence-corrected chi connectivity index (χ0v) is 10.3. The summed E-state index contributed by atoms with van der Waals surface area (Å²) in [5, 5.41) is 7.09. The van der Waals surface area contributed by atoms with Gasteiger partial charge in [-0.3, -0.25) is 5.41 Å². The maximum absolute atomic E-state index is 11.3. The summed E-state index contributed by atoms with van der Waals surface area (Å²) < 4.78 is 22.1. The molecule has 7 heteroatoms. The van der Waals surface area contributed by atoms with Crippen LogP contribution >= 0.6 is 27.7 Å². The lowest BCUT2D eigenvalue weighted by Crippen LogP contribution is -2.33. The lowest BCUT2D eigenvalue weighted by Gasteiger charge is -2.24. The molecule has 1 fully saturated rings. The van der Waals surface area contributed by atoms with Crippen molar-refractivity contribution >= 4 is 42.7 Å². The number of alkyl halides is 1. The van der Waals surface area contributed by atoms with Crippen LogP contribution in [0.1, 0.15) is 6.92 Å². The van der Waals surface area contributed by atoms with Gasteiger partial charge in [0.2, 0.25) is 0 Å². The highest BCUT2D eigenvalue weighted by Gasteiger charge is 2.46. The summed E-state index contributed by atoms with van der Waals surface area (Å²) in [4.78, 5) is -0.126. The molecule has 0 saturated carbocycles. The molecule has 1 heterocycles. The number of thioether (sulfide) groups is 1. The van der Waals surface area contributed by atoms with Crippen molar-refractivity contribution in [2.24, 2.45) is 5.73 Å². The van der Waals surface area contributed by atoms with Crippen molar-refractivity contribution in [1.29, 1.82) is 5.41 Å². The maximum Gasteiger partial charge on any atom is 0.152 e. The van der Waals surface area contributed by atoms with Crippen LogP contribution < -0.4 is 5.73 Å². The molecule has 13 heavy (non-hydrogen) atoms. The second-order valence-electron chi connectivity index (χ2n) is 3.30. The Balaban J connectivity index is 2.87. The van der Waals surface area contributed by atoms with Crippen LogP contribution in [0.4, 0.5) is 0 Å². The lowest BCUT2D eigenvalue weighted by molar-refractivity contribution is 0.601. The summed E-state index contributed by atoms with van der Waals surface area (Å²) in [6.45, 7) is 1.81. The van der Waals surface area contributed by atoms with Gasteiger partial charge in [-0.15, -0.1) is 0 Å². The zero-order valence-electron chi connectivity index (χ0n) is 7.08. The van der Waals surface area contributed by atoms with Crippen LogP contribution in [0.3, 0.4) is 0 Å².